The molecular weight excluding hydrogens is 420 g/mol. The molecule has 28 heavy (non-hydrogen) atoms. The number of hydrogen-bond acceptors (Lipinski definition) is 3. The normalized spacial score (nSPS) is 14.2. The van der Waals surface area contributed by atoms with Crippen LogP contribution in [0.3, 0.4) is 0 Å². The molecule has 0 saturated heterocycles. The van der Waals surface area contributed by atoms with E-state index in [0.717, 1.165) is 28.6 Å². The number of carbonyl (C=O) groups is 3. The average Bonchev–Trinajstić information content (AvgIpc) is 3.52. The molecule has 0 radical (unpaired) electrons. The minimum Gasteiger partial charge on any atom is -0.350 e. The molecule has 0 spiro atoms. The van der Waals surface area contributed by atoms with Gasteiger partial charge >= 0.3 is 0 Å². The van der Waals surface area contributed by atoms with E-state index in [1.54, 1.807) is 12.1 Å². The maximum absolute atomic E-state index is 12.2. The molecule has 0 unspecified atom stereocenters. The molecule has 1 aliphatic rings. The molecule has 1 fully saturated rings. The van der Waals surface area contributed by atoms with E-state index in [4.69, 9.17) is 0 Å². The van der Waals surface area contributed by atoms with Crippen molar-refractivity contribution >= 4 is 39.2 Å². The lowest BCUT2D eigenvalue weighted by atomic mass is 10.1. The molecule has 5 nitrogen and oxygen atoms in total. The average molecular weight is 443 g/mol. The summed E-state index contributed by atoms with van der Waals surface area (Å²) in [7, 11) is 0. The molecule has 2 N–H and O–H groups in total. The van der Waals surface area contributed by atoms with Crippen LogP contribution in [0.4, 0.5) is 5.69 Å². The van der Waals surface area contributed by atoms with Crippen molar-refractivity contribution in [1.29, 1.82) is 0 Å². The van der Waals surface area contributed by atoms with Crippen LogP contribution in [0.15, 0.2) is 53.0 Å². The van der Waals surface area contributed by atoms with Crippen molar-refractivity contribution in [2.24, 2.45) is 5.92 Å². The van der Waals surface area contributed by atoms with Gasteiger partial charge in [0.05, 0.1) is 6.04 Å². The molecule has 2 aromatic rings. The number of halogens is 1. The SMILES string of the molecule is C[C@H](NC(=O)CCC(=O)c1ccc(Br)cc1)c1ccc(NC(=O)C2CC2)cc1. The zero-order valence-corrected chi connectivity index (χ0v) is 17.3. The topological polar surface area (TPSA) is 75.3 Å². The number of carbonyl (C=O) groups excluding carboxylic acids is 3. The summed E-state index contributed by atoms with van der Waals surface area (Å²) < 4.78 is 0.911. The molecule has 2 amide bonds. The summed E-state index contributed by atoms with van der Waals surface area (Å²) in [5.74, 6) is 0.0256. The summed E-state index contributed by atoms with van der Waals surface area (Å²) in [6, 6.07) is 14.4. The van der Waals surface area contributed by atoms with Gasteiger partial charge in [0.15, 0.2) is 5.78 Å². The van der Waals surface area contributed by atoms with E-state index in [9.17, 15) is 14.4 Å². The van der Waals surface area contributed by atoms with Gasteiger partial charge < -0.3 is 10.6 Å². The van der Waals surface area contributed by atoms with Gasteiger partial charge in [-0.2, -0.15) is 0 Å². The molecule has 0 aromatic heterocycles. The molecule has 0 heterocycles. The summed E-state index contributed by atoms with van der Waals surface area (Å²) in [6.45, 7) is 1.90. The lowest BCUT2D eigenvalue weighted by Gasteiger charge is -2.15. The van der Waals surface area contributed by atoms with E-state index < -0.39 is 0 Å². The second-order valence-electron chi connectivity index (χ2n) is 7.10. The van der Waals surface area contributed by atoms with Gasteiger partial charge in [-0.05, 0) is 49.6 Å². The maximum Gasteiger partial charge on any atom is 0.227 e. The van der Waals surface area contributed by atoms with Crippen LogP contribution in [-0.2, 0) is 9.59 Å². The molecule has 2 aromatic carbocycles. The van der Waals surface area contributed by atoms with Crippen LogP contribution in [0.1, 0.15) is 54.6 Å². The Morgan fingerprint density at radius 2 is 1.64 bits per heavy atom. The van der Waals surface area contributed by atoms with Gasteiger partial charge in [0, 0.05) is 34.5 Å². The minimum atomic E-state index is -0.177. The standard InChI is InChI=1S/C22H23BrN2O3/c1-14(15-6-10-19(11-7-15)25-22(28)17-2-3-17)24-21(27)13-12-20(26)16-4-8-18(23)9-5-16/h4-11,14,17H,2-3,12-13H2,1H3,(H,24,27)(H,25,28)/t14-/m0/s1. The first-order chi connectivity index (χ1) is 13.4. The first-order valence-electron chi connectivity index (χ1n) is 9.41. The Balaban J connectivity index is 1.46. The van der Waals surface area contributed by atoms with Gasteiger partial charge in [-0.15, -0.1) is 0 Å². The highest BCUT2D eigenvalue weighted by atomic mass is 79.9. The van der Waals surface area contributed by atoms with Crippen molar-refractivity contribution in [3.8, 4) is 0 Å². The molecule has 3 rings (SSSR count). The van der Waals surface area contributed by atoms with Gasteiger partial charge in [-0.25, -0.2) is 0 Å². The number of amides is 2. The summed E-state index contributed by atoms with van der Waals surface area (Å²) in [5, 5.41) is 5.81. The lowest BCUT2D eigenvalue weighted by molar-refractivity contribution is -0.121. The smallest absolute Gasteiger partial charge is 0.227 e. The highest BCUT2D eigenvalue weighted by Gasteiger charge is 2.29. The first-order valence-corrected chi connectivity index (χ1v) is 10.2. The largest absolute Gasteiger partial charge is 0.350 e. The highest BCUT2D eigenvalue weighted by Crippen LogP contribution is 2.30. The zero-order chi connectivity index (χ0) is 20.1. The molecule has 6 heteroatoms. The van der Waals surface area contributed by atoms with Crippen LogP contribution < -0.4 is 10.6 Å². The third-order valence-electron chi connectivity index (χ3n) is 4.75. The first kappa shape index (κ1) is 20.3. The van der Waals surface area contributed by atoms with Gasteiger partial charge in [0.2, 0.25) is 11.8 Å². The van der Waals surface area contributed by atoms with Crippen LogP contribution in [0.5, 0.6) is 0 Å². The van der Waals surface area contributed by atoms with Gasteiger partial charge in [-0.1, -0.05) is 40.2 Å². The van der Waals surface area contributed by atoms with E-state index >= 15 is 0 Å². The van der Waals surface area contributed by atoms with E-state index in [1.165, 1.54) is 0 Å². The Labute approximate surface area is 173 Å². The molecule has 0 aliphatic heterocycles. The molecule has 146 valence electrons. The summed E-state index contributed by atoms with van der Waals surface area (Å²) in [4.78, 5) is 36.1. The van der Waals surface area contributed by atoms with Gasteiger partial charge in [0.25, 0.3) is 0 Å². The van der Waals surface area contributed by atoms with E-state index in [1.807, 2.05) is 43.3 Å². The fraction of sp³-hybridized carbons (Fsp3) is 0.318. The van der Waals surface area contributed by atoms with Crippen LogP contribution >= 0.6 is 15.9 Å². The number of benzene rings is 2. The van der Waals surface area contributed by atoms with Crippen molar-refractivity contribution in [3.05, 3.63) is 64.1 Å². The van der Waals surface area contributed by atoms with Crippen LogP contribution in [0.25, 0.3) is 0 Å². The predicted octanol–water partition coefficient (Wildman–Crippen LogP) is 4.64. The minimum absolute atomic E-state index is 0.0499. The van der Waals surface area contributed by atoms with Crippen molar-refractivity contribution in [3.63, 3.8) is 0 Å². The van der Waals surface area contributed by atoms with Crippen LogP contribution in [0.2, 0.25) is 0 Å². The summed E-state index contributed by atoms with van der Waals surface area (Å²) in [6.07, 6.45) is 2.26. The van der Waals surface area contributed by atoms with Crippen LogP contribution in [0, 0.1) is 5.92 Å². The second kappa shape index (κ2) is 9.15. The van der Waals surface area contributed by atoms with Crippen LogP contribution in [-0.4, -0.2) is 17.6 Å². The molecule has 1 aliphatic carbocycles. The maximum atomic E-state index is 12.2. The number of hydrogen-bond donors (Lipinski definition) is 2. The quantitative estimate of drug-likeness (QED) is 0.584. The van der Waals surface area contributed by atoms with E-state index in [2.05, 4.69) is 26.6 Å². The number of Topliss-reactive ketones (excluding diaryl/α,β-unsaturated/α-hetero) is 1. The Morgan fingerprint density at radius 3 is 2.25 bits per heavy atom. The van der Waals surface area contributed by atoms with Crippen molar-refractivity contribution < 1.29 is 14.4 Å². The number of nitrogens with one attached hydrogen (secondary N) is 2. The Bertz CT molecular complexity index is 858. The Hall–Kier alpha value is -2.47. The fourth-order valence-corrected chi connectivity index (χ4v) is 3.11. The number of ketones is 1. The Morgan fingerprint density at radius 1 is 1.00 bits per heavy atom. The zero-order valence-electron chi connectivity index (χ0n) is 15.7. The molecule has 1 saturated carbocycles. The van der Waals surface area contributed by atoms with E-state index in [-0.39, 0.29) is 42.4 Å². The van der Waals surface area contributed by atoms with Gasteiger partial charge in [0.1, 0.15) is 0 Å². The van der Waals surface area contributed by atoms with Crippen molar-refractivity contribution in [2.75, 3.05) is 5.32 Å². The molecule has 0 bridgehead atoms. The molecule has 1 atom stereocenters. The number of rotatable bonds is 8. The third kappa shape index (κ3) is 5.76. The monoisotopic (exact) mass is 442 g/mol. The highest BCUT2D eigenvalue weighted by molar-refractivity contribution is 9.10. The van der Waals surface area contributed by atoms with E-state index in [0.29, 0.717) is 5.56 Å². The summed E-state index contributed by atoms with van der Waals surface area (Å²) in [5.41, 5.74) is 2.31. The number of anilines is 1. The van der Waals surface area contributed by atoms with Crippen molar-refractivity contribution in [1.82, 2.24) is 5.32 Å². The van der Waals surface area contributed by atoms with Gasteiger partial charge in [-0.3, -0.25) is 14.4 Å². The lowest BCUT2D eigenvalue weighted by Crippen LogP contribution is -2.27. The molecular formula is C22H23BrN2O3. The second-order valence-corrected chi connectivity index (χ2v) is 8.02. The fourth-order valence-electron chi connectivity index (χ4n) is 2.85. The summed E-state index contributed by atoms with van der Waals surface area (Å²) >= 11 is 3.34. The van der Waals surface area contributed by atoms with Crippen molar-refractivity contribution in [2.45, 2.75) is 38.6 Å². The third-order valence-corrected chi connectivity index (χ3v) is 5.28. The predicted molar refractivity (Wildman–Crippen MR) is 112 cm³/mol. The Kier molecular flexibility index (Phi) is 6.62.